The van der Waals surface area contributed by atoms with Crippen LogP contribution in [0.25, 0.3) is 0 Å². The normalized spacial score (nSPS) is 14.8. The number of carbonyl (C=O) groups is 2. The molecule has 7 nitrogen and oxygen atoms in total. The van der Waals surface area contributed by atoms with Gasteiger partial charge in [-0.15, -0.1) is 0 Å². The maximum atomic E-state index is 14.0. The zero-order valence-electron chi connectivity index (χ0n) is 23.5. The smallest absolute Gasteiger partial charge is 0.264 e. The minimum atomic E-state index is -4.07. The van der Waals surface area contributed by atoms with Crippen LogP contribution in [-0.2, 0) is 26.2 Å². The molecule has 3 aromatic carbocycles. The number of aryl methyl sites for hydroxylation is 2. The standard InChI is InChI=1S/C32H39N3O4S/c1-24-14-18-29(19-15-24)35(40(38,39)30-20-16-25(2)17-21-30)23-31(36)34(22-27-10-6-4-7-11-27)26(3)32(37)33-28-12-8-5-9-13-28/h4,6-7,10-11,14-21,26,28H,5,8-9,12-13,22-23H2,1-3H3,(H,33,37)/t26-/m0/s1. The summed E-state index contributed by atoms with van der Waals surface area (Å²) < 4.78 is 28.9. The van der Waals surface area contributed by atoms with Gasteiger partial charge in [-0.1, -0.05) is 85.0 Å². The molecule has 0 aromatic heterocycles. The zero-order chi connectivity index (χ0) is 28.7. The van der Waals surface area contributed by atoms with E-state index in [1.807, 2.05) is 56.3 Å². The number of rotatable bonds is 10. The van der Waals surface area contributed by atoms with Crippen molar-refractivity contribution >= 4 is 27.5 Å². The summed E-state index contributed by atoms with van der Waals surface area (Å²) in [4.78, 5) is 28.9. The Morgan fingerprint density at radius 1 is 0.850 bits per heavy atom. The summed E-state index contributed by atoms with van der Waals surface area (Å²) in [6.45, 7) is 5.27. The number of nitrogens with zero attached hydrogens (tertiary/aromatic N) is 2. The molecule has 0 heterocycles. The van der Waals surface area contributed by atoms with Crippen LogP contribution in [0.15, 0.2) is 83.8 Å². The van der Waals surface area contributed by atoms with E-state index in [1.165, 1.54) is 11.3 Å². The summed E-state index contributed by atoms with van der Waals surface area (Å²) >= 11 is 0. The molecule has 0 aliphatic heterocycles. The molecule has 1 aliphatic carbocycles. The summed E-state index contributed by atoms with van der Waals surface area (Å²) in [6.07, 6.45) is 5.19. The Kier molecular flexibility index (Phi) is 9.63. The Hall–Kier alpha value is -3.65. The van der Waals surface area contributed by atoms with E-state index in [2.05, 4.69) is 5.32 Å². The van der Waals surface area contributed by atoms with Crippen LogP contribution in [0, 0.1) is 13.8 Å². The molecule has 0 saturated heterocycles. The summed E-state index contributed by atoms with van der Waals surface area (Å²) in [7, 11) is -4.07. The van der Waals surface area contributed by atoms with Gasteiger partial charge in [-0.05, 0) is 63.4 Å². The average molecular weight is 562 g/mol. The van der Waals surface area contributed by atoms with Crippen LogP contribution in [0.4, 0.5) is 5.69 Å². The molecule has 1 fully saturated rings. The molecule has 1 atom stereocenters. The minimum absolute atomic E-state index is 0.100. The maximum absolute atomic E-state index is 14.0. The predicted octanol–water partition coefficient (Wildman–Crippen LogP) is 5.36. The lowest BCUT2D eigenvalue weighted by Gasteiger charge is -2.33. The van der Waals surface area contributed by atoms with E-state index in [1.54, 1.807) is 43.3 Å². The fourth-order valence-corrected chi connectivity index (χ4v) is 6.42. The van der Waals surface area contributed by atoms with Crippen LogP contribution in [-0.4, -0.2) is 43.8 Å². The lowest BCUT2D eigenvalue weighted by molar-refractivity contribution is -0.139. The van der Waals surface area contributed by atoms with Gasteiger partial charge in [0.15, 0.2) is 0 Å². The second-order valence-electron chi connectivity index (χ2n) is 10.7. The quantitative estimate of drug-likeness (QED) is 0.361. The third-order valence-corrected chi connectivity index (χ3v) is 9.31. The van der Waals surface area contributed by atoms with Gasteiger partial charge < -0.3 is 10.2 Å². The monoisotopic (exact) mass is 561 g/mol. The predicted molar refractivity (Wildman–Crippen MR) is 158 cm³/mol. The Morgan fingerprint density at radius 2 is 1.43 bits per heavy atom. The molecular formula is C32H39N3O4S. The zero-order valence-corrected chi connectivity index (χ0v) is 24.4. The lowest BCUT2D eigenvalue weighted by atomic mass is 9.95. The first-order chi connectivity index (χ1) is 19.1. The van der Waals surface area contributed by atoms with Crippen LogP contribution in [0.2, 0.25) is 0 Å². The van der Waals surface area contributed by atoms with Gasteiger partial charge in [0.05, 0.1) is 10.6 Å². The number of hydrogen-bond donors (Lipinski definition) is 1. The van der Waals surface area contributed by atoms with E-state index in [0.717, 1.165) is 46.7 Å². The van der Waals surface area contributed by atoms with E-state index >= 15 is 0 Å². The Morgan fingerprint density at radius 3 is 2.02 bits per heavy atom. The second-order valence-corrected chi connectivity index (χ2v) is 12.5. The third-order valence-electron chi connectivity index (χ3n) is 7.52. The van der Waals surface area contributed by atoms with Crippen LogP contribution in [0.5, 0.6) is 0 Å². The number of sulfonamides is 1. The van der Waals surface area contributed by atoms with Gasteiger partial charge in [-0.25, -0.2) is 8.42 Å². The summed E-state index contributed by atoms with van der Waals surface area (Å²) in [5, 5.41) is 3.13. The summed E-state index contributed by atoms with van der Waals surface area (Å²) in [6, 6.07) is 22.4. The first-order valence-electron chi connectivity index (χ1n) is 13.9. The van der Waals surface area contributed by atoms with Crippen LogP contribution >= 0.6 is 0 Å². The van der Waals surface area contributed by atoms with Gasteiger partial charge in [-0.2, -0.15) is 0 Å². The Labute approximate surface area is 238 Å². The van der Waals surface area contributed by atoms with Crippen molar-refractivity contribution in [1.82, 2.24) is 10.2 Å². The maximum Gasteiger partial charge on any atom is 0.264 e. The molecule has 2 amide bonds. The molecule has 3 aromatic rings. The molecule has 8 heteroatoms. The first-order valence-corrected chi connectivity index (χ1v) is 15.4. The molecule has 0 radical (unpaired) electrons. The number of benzene rings is 3. The van der Waals surface area contributed by atoms with E-state index < -0.39 is 28.5 Å². The van der Waals surface area contributed by atoms with Crippen molar-refractivity contribution in [3.05, 3.63) is 95.6 Å². The highest BCUT2D eigenvalue weighted by Gasteiger charge is 2.33. The highest BCUT2D eigenvalue weighted by Crippen LogP contribution is 2.25. The van der Waals surface area contributed by atoms with Gasteiger partial charge in [0.2, 0.25) is 11.8 Å². The van der Waals surface area contributed by atoms with E-state index in [9.17, 15) is 18.0 Å². The molecular weight excluding hydrogens is 522 g/mol. The highest BCUT2D eigenvalue weighted by atomic mass is 32.2. The lowest BCUT2D eigenvalue weighted by Crippen LogP contribution is -2.53. The average Bonchev–Trinajstić information content (AvgIpc) is 2.96. The van der Waals surface area contributed by atoms with E-state index in [4.69, 9.17) is 0 Å². The van der Waals surface area contributed by atoms with Gasteiger partial charge in [-0.3, -0.25) is 13.9 Å². The van der Waals surface area contributed by atoms with Crippen molar-refractivity contribution in [1.29, 1.82) is 0 Å². The summed E-state index contributed by atoms with van der Waals surface area (Å²) in [5.41, 5.74) is 3.15. The van der Waals surface area contributed by atoms with Crippen molar-refractivity contribution in [3.8, 4) is 0 Å². The molecule has 1 aliphatic rings. The highest BCUT2D eigenvalue weighted by molar-refractivity contribution is 7.92. The molecule has 0 spiro atoms. The fourth-order valence-electron chi connectivity index (χ4n) is 5.01. The molecule has 1 N–H and O–H groups in total. The van der Waals surface area contributed by atoms with Crippen LogP contribution < -0.4 is 9.62 Å². The molecule has 4 rings (SSSR count). The number of carbonyl (C=O) groups excluding carboxylic acids is 2. The topological polar surface area (TPSA) is 86.8 Å². The van der Waals surface area contributed by atoms with Crippen molar-refractivity contribution in [2.75, 3.05) is 10.8 Å². The van der Waals surface area contributed by atoms with Crippen molar-refractivity contribution in [2.45, 2.75) is 76.4 Å². The summed E-state index contributed by atoms with van der Waals surface area (Å²) in [5.74, 6) is -0.675. The number of anilines is 1. The Bertz CT molecular complexity index is 1380. The second kappa shape index (κ2) is 13.1. The first kappa shape index (κ1) is 29.3. The number of amides is 2. The van der Waals surface area contributed by atoms with Crippen molar-refractivity contribution in [2.24, 2.45) is 0 Å². The fraction of sp³-hybridized carbons (Fsp3) is 0.375. The van der Waals surface area contributed by atoms with Crippen LogP contribution in [0.1, 0.15) is 55.7 Å². The Balaban J connectivity index is 1.65. The van der Waals surface area contributed by atoms with E-state index in [0.29, 0.717) is 5.69 Å². The van der Waals surface area contributed by atoms with Gasteiger partial charge in [0.1, 0.15) is 12.6 Å². The SMILES string of the molecule is Cc1ccc(N(CC(=O)N(Cc2ccccc2)[C@@H](C)C(=O)NC2CCCCC2)S(=O)(=O)c2ccc(C)cc2)cc1. The van der Waals surface area contributed by atoms with Crippen molar-refractivity contribution < 1.29 is 18.0 Å². The third kappa shape index (κ3) is 7.30. The van der Waals surface area contributed by atoms with Gasteiger partial charge >= 0.3 is 0 Å². The largest absolute Gasteiger partial charge is 0.352 e. The minimum Gasteiger partial charge on any atom is -0.352 e. The van der Waals surface area contributed by atoms with E-state index in [-0.39, 0.29) is 23.4 Å². The molecule has 40 heavy (non-hydrogen) atoms. The molecule has 212 valence electrons. The molecule has 1 saturated carbocycles. The van der Waals surface area contributed by atoms with Crippen LogP contribution in [0.3, 0.4) is 0 Å². The number of hydrogen-bond acceptors (Lipinski definition) is 4. The number of nitrogens with one attached hydrogen (secondary N) is 1. The van der Waals surface area contributed by atoms with Gasteiger partial charge in [0, 0.05) is 12.6 Å². The molecule has 0 bridgehead atoms. The van der Waals surface area contributed by atoms with Gasteiger partial charge in [0.25, 0.3) is 10.0 Å². The van der Waals surface area contributed by atoms with Crippen molar-refractivity contribution in [3.63, 3.8) is 0 Å². The molecule has 0 unspecified atom stereocenters.